The van der Waals surface area contributed by atoms with Crippen molar-refractivity contribution in [3.05, 3.63) is 0 Å². The fraction of sp³-hybridized carbons (Fsp3) is 0.917. The van der Waals surface area contributed by atoms with E-state index in [1.54, 1.807) is 0 Å². The normalized spacial score (nSPS) is 27.3. The molecule has 0 saturated carbocycles. The molecule has 0 aromatic rings. The van der Waals surface area contributed by atoms with E-state index in [1.165, 1.54) is 25.9 Å². The van der Waals surface area contributed by atoms with Gasteiger partial charge in [0.15, 0.2) is 0 Å². The van der Waals surface area contributed by atoms with Gasteiger partial charge in [-0.2, -0.15) is 0 Å². The number of nitrogens with two attached hydrogens (primary N) is 1. The van der Waals surface area contributed by atoms with E-state index in [-0.39, 0.29) is 6.04 Å². The molecule has 0 unspecified atom stereocenters. The number of piperidine rings is 1. The minimum Gasteiger partial charge on any atom is -0.341 e. The largest absolute Gasteiger partial charge is 0.341 e. The monoisotopic (exact) mass is 225 g/mol. The number of carbonyl (C=O) groups excluding carboxylic acids is 1. The molecule has 2 aliphatic rings. The summed E-state index contributed by atoms with van der Waals surface area (Å²) in [6.45, 7) is 4.95. The second-order valence-electron chi connectivity index (χ2n) is 5.04. The fourth-order valence-electron chi connectivity index (χ4n) is 2.65. The van der Waals surface area contributed by atoms with E-state index in [0.29, 0.717) is 12.3 Å². The van der Waals surface area contributed by atoms with E-state index in [9.17, 15) is 4.79 Å². The third kappa shape index (κ3) is 3.19. The molecule has 0 aromatic carbocycles. The number of carbonyl (C=O) groups is 1. The van der Waals surface area contributed by atoms with Gasteiger partial charge in [-0.3, -0.25) is 4.79 Å². The number of hydrogen-bond donors (Lipinski definition) is 1. The zero-order chi connectivity index (χ0) is 11.4. The van der Waals surface area contributed by atoms with E-state index in [0.717, 1.165) is 32.5 Å². The SMILES string of the molecule is N[C@@H]1CCCN(C(=O)CCN2CCCC2)C1. The van der Waals surface area contributed by atoms with Crippen molar-refractivity contribution >= 4 is 5.91 Å². The maximum Gasteiger partial charge on any atom is 0.223 e. The summed E-state index contributed by atoms with van der Waals surface area (Å²) in [5, 5.41) is 0. The highest BCUT2D eigenvalue weighted by Crippen LogP contribution is 2.11. The first kappa shape index (κ1) is 11.9. The highest BCUT2D eigenvalue weighted by Gasteiger charge is 2.21. The zero-order valence-corrected chi connectivity index (χ0v) is 10.0. The van der Waals surface area contributed by atoms with Crippen LogP contribution in [0.15, 0.2) is 0 Å². The van der Waals surface area contributed by atoms with Gasteiger partial charge in [0.1, 0.15) is 0 Å². The van der Waals surface area contributed by atoms with Crippen LogP contribution in [0.2, 0.25) is 0 Å². The van der Waals surface area contributed by atoms with Gasteiger partial charge in [-0.05, 0) is 38.8 Å². The zero-order valence-electron chi connectivity index (χ0n) is 10.0. The maximum absolute atomic E-state index is 11.9. The van der Waals surface area contributed by atoms with Crippen LogP contribution < -0.4 is 5.73 Å². The molecule has 1 amide bonds. The predicted octanol–water partition coefficient (Wildman–Crippen LogP) is 0.422. The van der Waals surface area contributed by atoms with Gasteiger partial charge in [0, 0.05) is 32.1 Å². The first-order valence-corrected chi connectivity index (χ1v) is 6.51. The van der Waals surface area contributed by atoms with Crippen LogP contribution in [0.25, 0.3) is 0 Å². The van der Waals surface area contributed by atoms with Crippen molar-refractivity contribution in [2.75, 3.05) is 32.7 Å². The van der Waals surface area contributed by atoms with E-state index in [4.69, 9.17) is 5.73 Å². The molecule has 0 aliphatic carbocycles. The highest BCUT2D eigenvalue weighted by molar-refractivity contribution is 5.76. The minimum absolute atomic E-state index is 0.199. The summed E-state index contributed by atoms with van der Waals surface area (Å²) >= 11 is 0. The van der Waals surface area contributed by atoms with Gasteiger partial charge < -0.3 is 15.5 Å². The van der Waals surface area contributed by atoms with E-state index < -0.39 is 0 Å². The molecule has 4 nitrogen and oxygen atoms in total. The quantitative estimate of drug-likeness (QED) is 0.757. The van der Waals surface area contributed by atoms with E-state index >= 15 is 0 Å². The molecule has 2 fully saturated rings. The maximum atomic E-state index is 11.9. The Labute approximate surface area is 97.8 Å². The third-order valence-corrected chi connectivity index (χ3v) is 3.65. The highest BCUT2D eigenvalue weighted by atomic mass is 16.2. The Morgan fingerprint density at radius 2 is 1.94 bits per heavy atom. The molecule has 1 atom stereocenters. The van der Waals surface area contributed by atoms with Crippen LogP contribution in [0.3, 0.4) is 0 Å². The molecule has 92 valence electrons. The average Bonchev–Trinajstić information content (AvgIpc) is 2.78. The first-order valence-electron chi connectivity index (χ1n) is 6.51. The lowest BCUT2D eigenvalue weighted by atomic mass is 10.1. The number of amides is 1. The van der Waals surface area contributed by atoms with Gasteiger partial charge in [0.2, 0.25) is 5.91 Å². The minimum atomic E-state index is 0.199. The summed E-state index contributed by atoms with van der Waals surface area (Å²) in [5.41, 5.74) is 5.88. The van der Waals surface area contributed by atoms with Crippen molar-refractivity contribution in [1.29, 1.82) is 0 Å². The van der Waals surface area contributed by atoms with Crippen molar-refractivity contribution in [1.82, 2.24) is 9.80 Å². The smallest absolute Gasteiger partial charge is 0.223 e. The summed E-state index contributed by atoms with van der Waals surface area (Å²) in [7, 11) is 0. The Hall–Kier alpha value is -0.610. The molecule has 2 rings (SSSR count). The molecule has 0 radical (unpaired) electrons. The molecule has 0 aromatic heterocycles. The summed E-state index contributed by atoms with van der Waals surface area (Å²) in [5.74, 6) is 0.294. The predicted molar refractivity (Wildman–Crippen MR) is 64.1 cm³/mol. The van der Waals surface area contributed by atoms with Crippen molar-refractivity contribution in [2.45, 2.75) is 38.1 Å². The molecular weight excluding hydrogens is 202 g/mol. The van der Waals surface area contributed by atoms with Crippen LogP contribution in [-0.4, -0.2) is 54.5 Å². The van der Waals surface area contributed by atoms with Crippen molar-refractivity contribution < 1.29 is 4.79 Å². The lowest BCUT2D eigenvalue weighted by Crippen LogP contribution is -2.46. The van der Waals surface area contributed by atoms with Gasteiger partial charge in [-0.1, -0.05) is 0 Å². The van der Waals surface area contributed by atoms with Crippen LogP contribution >= 0.6 is 0 Å². The standard InChI is InChI=1S/C12H23N3O/c13-11-4-3-8-15(10-11)12(16)5-9-14-6-1-2-7-14/h11H,1-10,13H2/t11-/m1/s1. The number of rotatable bonds is 3. The molecular formula is C12H23N3O. The average molecular weight is 225 g/mol. The number of hydrogen-bond acceptors (Lipinski definition) is 3. The van der Waals surface area contributed by atoms with Gasteiger partial charge >= 0.3 is 0 Å². The number of nitrogens with zero attached hydrogens (tertiary/aromatic N) is 2. The Kier molecular flexibility index (Phi) is 4.18. The van der Waals surface area contributed by atoms with Crippen LogP contribution in [0, 0.1) is 0 Å². The second-order valence-corrected chi connectivity index (χ2v) is 5.04. The Balaban J connectivity index is 1.70. The van der Waals surface area contributed by atoms with Crippen LogP contribution in [0.4, 0.5) is 0 Å². The topological polar surface area (TPSA) is 49.6 Å². The van der Waals surface area contributed by atoms with Gasteiger partial charge in [0.25, 0.3) is 0 Å². The summed E-state index contributed by atoms with van der Waals surface area (Å²) in [6, 6.07) is 0.199. The Bertz CT molecular complexity index is 238. The molecule has 0 spiro atoms. The van der Waals surface area contributed by atoms with Gasteiger partial charge in [-0.15, -0.1) is 0 Å². The molecule has 4 heteroatoms. The molecule has 2 heterocycles. The van der Waals surface area contributed by atoms with E-state index in [1.807, 2.05) is 4.90 Å². The molecule has 16 heavy (non-hydrogen) atoms. The summed E-state index contributed by atoms with van der Waals surface area (Å²) < 4.78 is 0. The molecule has 2 aliphatic heterocycles. The molecule has 2 N–H and O–H groups in total. The van der Waals surface area contributed by atoms with Crippen LogP contribution in [0.5, 0.6) is 0 Å². The number of likely N-dealkylation sites (tertiary alicyclic amines) is 2. The van der Waals surface area contributed by atoms with Gasteiger partial charge in [-0.25, -0.2) is 0 Å². The van der Waals surface area contributed by atoms with Crippen LogP contribution in [-0.2, 0) is 4.79 Å². The second kappa shape index (κ2) is 5.64. The lowest BCUT2D eigenvalue weighted by Gasteiger charge is -2.31. The molecule has 2 saturated heterocycles. The van der Waals surface area contributed by atoms with Crippen molar-refractivity contribution in [3.8, 4) is 0 Å². The first-order chi connectivity index (χ1) is 7.75. The Morgan fingerprint density at radius 3 is 2.62 bits per heavy atom. The molecule has 0 bridgehead atoms. The van der Waals surface area contributed by atoms with E-state index in [2.05, 4.69) is 4.90 Å². The van der Waals surface area contributed by atoms with Gasteiger partial charge in [0.05, 0.1) is 0 Å². The fourth-order valence-corrected chi connectivity index (χ4v) is 2.65. The van der Waals surface area contributed by atoms with Crippen molar-refractivity contribution in [3.63, 3.8) is 0 Å². The van der Waals surface area contributed by atoms with Crippen LogP contribution in [0.1, 0.15) is 32.1 Å². The lowest BCUT2D eigenvalue weighted by molar-refractivity contribution is -0.132. The van der Waals surface area contributed by atoms with Crippen molar-refractivity contribution in [2.24, 2.45) is 5.73 Å². The Morgan fingerprint density at radius 1 is 1.19 bits per heavy atom. The summed E-state index contributed by atoms with van der Waals surface area (Å²) in [6.07, 6.45) is 5.39. The third-order valence-electron chi connectivity index (χ3n) is 3.65. The summed E-state index contributed by atoms with van der Waals surface area (Å²) in [4.78, 5) is 16.3.